The molecule has 12 nitrogen and oxygen atoms in total. The van der Waals surface area contributed by atoms with E-state index in [2.05, 4.69) is 15.2 Å². The van der Waals surface area contributed by atoms with Crippen molar-refractivity contribution in [3.05, 3.63) is 54.2 Å². The van der Waals surface area contributed by atoms with E-state index in [9.17, 15) is 19.8 Å². The van der Waals surface area contributed by atoms with Gasteiger partial charge in [0.15, 0.2) is 17.8 Å². The van der Waals surface area contributed by atoms with E-state index in [0.717, 1.165) is 11.1 Å². The second-order valence-corrected chi connectivity index (χ2v) is 9.51. The molecule has 192 valence electrons. The number of aromatic nitrogens is 6. The third kappa shape index (κ3) is 4.23. The lowest BCUT2D eigenvalue weighted by Crippen LogP contribution is -2.49. The summed E-state index contributed by atoms with van der Waals surface area (Å²) in [5.74, 6) is 0.475. The Morgan fingerprint density at radius 3 is 2.54 bits per heavy atom. The van der Waals surface area contributed by atoms with Crippen molar-refractivity contribution in [2.45, 2.75) is 25.7 Å². The molecule has 0 aromatic carbocycles. The van der Waals surface area contributed by atoms with Gasteiger partial charge in [0.1, 0.15) is 5.82 Å². The largest absolute Gasteiger partial charge is 0.395 e. The van der Waals surface area contributed by atoms with Gasteiger partial charge in [0, 0.05) is 48.7 Å². The third-order valence-corrected chi connectivity index (χ3v) is 7.05. The van der Waals surface area contributed by atoms with Gasteiger partial charge < -0.3 is 20.8 Å². The smallest absolute Gasteiger partial charge is 0.233 e. The lowest BCUT2D eigenvalue weighted by atomic mass is 9.87. The summed E-state index contributed by atoms with van der Waals surface area (Å²) in [7, 11) is 0. The number of aliphatic hydroxyl groups excluding tert-OH is 2. The van der Waals surface area contributed by atoms with Gasteiger partial charge in [0.25, 0.3) is 0 Å². The highest BCUT2D eigenvalue weighted by molar-refractivity contribution is 5.87. The fraction of sp³-hybridized carbons (Fsp3) is 0.360. The molecule has 4 aromatic heterocycles. The number of carbonyl (C=O) groups is 2. The second kappa shape index (κ2) is 9.71. The van der Waals surface area contributed by atoms with Crippen molar-refractivity contribution in [1.29, 1.82) is 0 Å². The Balaban J connectivity index is 1.45. The first-order chi connectivity index (χ1) is 17.9. The highest BCUT2D eigenvalue weighted by Gasteiger charge is 2.38. The van der Waals surface area contributed by atoms with Gasteiger partial charge in [-0.05, 0) is 38.0 Å². The average molecular weight is 505 g/mol. The van der Waals surface area contributed by atoms with Crippen molar-refractivity contribution >= 4 is 23.7 Å². The molecule has 5 rings (SSSR count). The van der Waals surface area contributed by atoms with Crippen LogP contribution in [0.25, 0.3) is 22.6 Å². The summed E-state index contributed by atoms with van der Waals surface area (Å²) in [6, 6.07) is 5.56. The molecule has 4 aromatic rings. The molecular formula is C25H28N8O4. The van der Waals surface area contributed by atoms with Crippen molar-refractivity contribution < 1.29 is 19.8 Å². The Morgan fingerprint density at radius 2 is 1.95 bits per heavy atom. The van der Waals surface area contributed by atoms with Gasteiger partial charge in [-0.1, -0.05) is 0 Å². The standard InChI is InChI=1S/C25H28N8O4/c1-25(14-35,15-36)24(37)31-9-5-16(6-10-31)21-19(13-34)22(26)33-23(30-21)18(12-29-33)17-3-4-20(27-11-17)32-8-2-7-28-32/h2-4,7-8,11-13,16,35-36H,5-6,9-10,14-15,26H2,1H3. The molecule has 0 saturated carbocycles. The molecule has 1 saturated heterocycles. The molecule has 0 aliphatic carbocycles. The number of hydrogen-bond donors (Lipinski definition) is 3. The SMILES string of the molecule is CC(CO)(CO)C(=O)N1CCC(c2nc3c(-c4ccc(-n5cccn5)nc4)cnn3c(N)c2C=O)CC1. The van der Waals surface area contributed by atoms with E-state index in [1.807, 2.05) is 18.2 Å². The molecule has 0 unspecified atom stereocenters. The first-order valence-electron chi connectivity index (χ1n) is 12.0. The Morgan fingerprint density at radius 1 is 1.19 bits per heavy atom. The molecule has 5 heterocycles. The number of nitrogen functional groups attached to an aromatic ring is 1. The maximum absolute atomic E-state index is 12.8. The van der Waals surface area contributed by atoms with E-state index in [4.69, 9.17) is 10.7 Å². The number of amides is 1. The minimum atomic E-state index is -1.23. The highest BCUT2D eigenvalue weighted by atomic mass is 16.3. The van der Waals surface area contributed by atoms with Crippen molar-refractivity contribution in [3.63, 3.8) is 0 Å². The molecule has 37 heavy (non-hydrogen) atoms. The number of likely N-dealkylation sites (tertiary alicyclic amines) is 1. The summed E-state index contributed by atoms with van der Waals surface area (Å²) < 4.78 is 3.11. The zero-order valence-electron chi connectivity index (χ0n) is 20.4. The van der Waals surface area contributed by atoms with Crippen LogP contribution in [0.5, 0.6) is 0 Å². The van der Waals surface area contributed by atoms with Gasteiger partial charge in [-0.2, -0.15) is 14.7 Å². The lowest BCUT2D eigenvalue weighted by Gasteiger charge is -2.37. The van der Waals surface area contributed by atoms with Crippen LogP contribution in [0.2, 0.25) is 0 Å². The highest BCUT2D eigenvalue weighted by Crippen LogP contribution is 2.34. The zero-order valence-corrected chi connectivity index (χ0v) is 20.4. The number of carbonyl (C=O) groups excluding carboxylic acids is 2. The number of pyridine rings is 1. The van der Waals surface area contributed by atoms with Gasteiger partial charge in [0.2, 0.25) is 5.91 Å². The van der Waals surface area contributed by atoms with E-state index < -0.39 is 18.6 Å². The molecule has 0 atom stereocenters. The number of piperidine rings is 1. The predicted octanol–water partition coefficient (Wildman–Crippen LogP) is 1.07. The summed E-state index contributed by atoms with van der Waals surface area (Å²) in [4.78, 5) is 35.9. The first-order valence-corrected chi connectivity index (χ1v) is 12.0. The van der Waals surface area contributed by atoms with Crippen molar-refractivity contribution in [1.82, 2.24) is 34.3 Å². The van der Waals surface area contributed by atoms with Crippen LogP contribution in [0.4, 0.5) is 5.82 Å². The van der Waals surface area contributed by atoms with Gasteiger partial charge in [-0.25, -0.2) is 14.6 Å². The van der Waals surface area contributed by atoms with E-state index in [-0.39, 0.29) is 23.2 Å². The summed E-state index contributed by atoms with van der Waals surface area (Å²) in [6.45, 7) is 1.49. The number of nitrogens with two attached hydrogens (primary N) is 1. The predicted molar refractivity (Wildman–Crippen MR) is 134 cm³/mol. The number of nitrogens with zero attached hydrogens (tertiary/aromatic N) is 7. The lowest BCUT2D eigenvalue weighted by molar-refractivity contribution is -0.147. The number of anilines is 1. The molecule has 1 aliphatic heterocycles. The summed E-state index contributed by atoms with van der Waals surface area (Å²) in [6.07, 6.45) is 8.66. The Hall–Kier alpha value is -4.16. The number of fused-ring (bicyclic) bond motifs is 1. The first kappa shape index (κ1) is 24.5. The topological polar surface area (TPSA) is 165 Å². The van der Waals surface area contributed by atoms with Crippen LogP contribution in [-0.2, 0) is 4.79 Å². The van der Waals surface area contributed by atoms with Crippen molar-refractivity contribution in [3.8, 4) is 16.9 Å². The van der Waals surface area contributed by atoms with E-state index in [0.29, 0.717) is 49.4 Å². The van der Waals surface area contributed by atoms with Crippen LogP contribution in [0.3, 0.4) is 0 Å². The van der Waals surface area contributed by atoms with E-state index >= 15 is 0 Å². The van der Waals surface area contributed by atoms with Crippen molar-refractivity contribution in [2.24, 2.45) is 5.41 Å². The fourth-order valence-corrected chi connectivity index (χ4v) is 4.69. The molecule has 4 N–H and O–H groups in total. The normalized spacial score (nSPS) is 14.8. The monoisotopic (exact) mass is 504 g/mol. The van der Waals surface area contributed by atoms with Crippen LogP contribution in [0.1, 0.15) is 41.7 Å². The van der Waals surface area contributed by atoms with Crippen LogP contribution in [-0.4, -0.2) is 83.0 Å². The summed E-state index contributed by atoms with van der Waals surface area (Å²) in [5.41, 5.74) is 8.02. The Bertz CT molecular complexity index is 1420. The maximum Gasteiger partial charge on any atom is 0.233 e. The Labute approximate surface area is 212 Å². The van der Waals surface area contributed by atoms with Gasteiger partial charge in [0.05, 0.1) is 36.1 Å². The van der Waals surface area contributed by atoms with Crippen LogP contribution < -0.4 is 5.73 Å². The van der Waals surface area contributed by atoms with Crippen LogP contribution >= 0.6 is 0 Å². The number of hydrogen-bond acceptors (Lipinski definition) is 9. The van der Waals surface area contributed by atoms with Gasteiger partial charge in [-0.15, -0.1) is 0 Å². The maximum atomic E-state index is 12.8. The number of rotatable bonds is 7. The molecule has 0 bridgehead atoms. The molecule has 0 spiro atoms. The third-order valence-electron chi connectivity index (χ3n) is 7.05. The molecular weight excluding hydrogens is 476 g/mol. The van der Waals surface area contributed by atoms with Crippen LogP contribution in [0, 0.1) is 5.41 Å². The summed E-state index contributed by atoms with van der Waals surface area (Å²) >= 11 is 0. The van der Waals surface area contributed by atoms with Gasteiger partial charge >= 0.3 is 0 Å². The summed E-state index contributed by atoms with van der Waals surface area (Å²) in [5, 5.41) is 27.7. The minimum absolute atomic E-state index is 0.103. The Kier molecular flexibility index (Phi) is 6.44. The van der Waals surface area contributed by atoms with Crippen molar-refractivity contribution in [2.75, 3.05) is 32.0 Å². The second-order valence-electron chi connectivity index (χ2n) is 9.51. The number of aldehydes is 1. The minimum Gasteiger partial charge on any atom is -0.395 e. The molecule has 0 radical (unpaired) electrons. The fourth-order valence-electron chi connectivity index (χ4n) is 4.69. The average Bonchev–Trinajstić information content (AvgIpc) is 3.63. The van der Waals surface area contributed by atoms with E-state index in [1.165, 1.54) is 4.52 Å². The van der Waals surface area contributed by atoms with E-state index in [1.54, 1.807) is 41.3 Å². The number of aliphatic hydroxyl groups is 2. The molecule has 12 heteroatoms. The quantitative estimate of drug-likeness (QED) is 0.312. The molecule has 1 aliphatic rings. The molecule has 1 amide bonds. The molecule has 1 fully saturated rings. The van der Waals surface area contributed by atoms with Crippen LogP contribution in [0.15, 0.2) is 43.0 Å². The van der Waals surface area contributed by atoms with Gasteiger partial charge in [-0.3, -0.25) is 9.59 Å². The zero-order chi connectivity index (χ0) is 26.2.